The molecule has 0 aromatic heterocycles. The molecule has 0 saturated heterocycles. The normalized spacial score (nSPS) is 12.8. The molecule has 0 aromatic rings. The lowest BCUT2D eigenvalue weighted by Gasteiger charge is -2.22. The fourth-order valence-electron chi connectivity index (χ4n) is 7.74. The summed E-state index contributed by atoms with van der Waals surface area (Å²) in [5, 5.41) is 23.2. The van der Waals surface area contributed by atoms with E-state index in [1.54, 1.807) is 0 Å². The lowest BCUT2D eigenvalue weighted by atomic mass is 10.0. The zero-order chi connectivity index (χ0) is 42.3. The number of hydrogen-bond donors (Lipinski definition) is 3. The number of aliphatic hydroxyl groups is 2. The molecule has 0 bridgehead atoms. The molecule has 0 aliphatic rings. The van der Waals surface area contributed by atoms with Gasteiger partial charge in [0.1, 0.15) is 0 Å². The summed E-state index contributed by atoms with van der Waals surface area (Å²) in [6.07, 6.45) is 55.7. The molecular formula is C52H99NO5. The number of carbonyl (C=O) groups is 2. The number of rotatable bonds is 47. The first kappa shape index (κ1) is 56.3. The van der Waals surface area contributed by atoms with Crippen LogP contribution >= 0.6 is 0 Å². The number of nitrogens with one attached hydrogen (secondary N) is 1. The zero-order valence-electron chi connectivity index (χ0n) is 38.8. The third kappa shape index (κ3) is 43.9. The van der Waals surface area contributed by atoms with Crippen LogP contribution in [0.2, 0.25) is 0 Å². The minimum absolute atomic E-state index is 0.0228. The van der Waals surface area contributed by atoms with Gasteiger partial charge in [-0.05, 0) is 77.0 Å². The SMILES string of the molecule is CCCCC/C=C\CCCCCCCC(=O)OCCCCCCCC/C=C\CCCCCC(=O)NC(CO)C(O)CCCCCCCCCCCCCCCCCC. The van der Waals surface area contributed by atoms with Gasteiger partial charge in [-0.2, -0.15) is 0 Å². The summed E-state index contributed by atoms with van der Waals surface area (Å²) in [5.74, 6) is -0.0875. The maximum absolute atomic E-state index is 12.4. The summed E-state index contributed by atoms with van der Waals surface area (Å²) in [6.45, 7) is 4.88. The molecule has 0 aromatic carbocycles. The molecule has 0 rings (SSSR count). The number of allylic oxidation sites excluding steroid dienone is 4. The van der Waals surface area contributed by atoms with Gasteiger partial charge in [0.25, 0.3) is 0 Å². The molecular weight excluding hydrogens is 719 g/mol. The first-order valence-corrected chi connectivity index (χ1v) is 25.6. The van der Waals surface area contributed by atoms with Gasteiger partial charge in [0.05, 0.1) is 25.4 Å². The van der Waals surface area contributed by atoms with Crippen LogP contribution in [0.4, 0.5) is 0 Å². The van der Waals surface area contributed by atoms with E-state index < -0.39 is 12.1 Å². The van der Waals surface area contributed by atoms with Gasteiger partial charge in [0.15, 0.2) is 0 Å². The lowest BCUT2D eigenvalue weighted by Crippen LogP contribution is -2.45. The standard InChI is InChI=1S/C52H99NO5/c1-3-5-7-9-11-13-15-17-18-19-21-24-28-32-36-40-44-50(55)49(48-54)53-51(56)45-41-37-33-29-25-22-20-23-27-31-35-39-43-47-58-52(57)46-42-38-34-30-26-16-14-12-10-8-6-4-2/h12,14,22,25,49-50,54-55H,3-11,13,15-21,23-24,26-48H2,1-2H3,(H,53,56)/b14-12-,25-22-. The van der Waals surface area contributed by atoms with Crippen molar-refractivity contribution in [1.29, 1.82) is 0 Å². The Morgan fingerprint density at radius 2 is 0.810 bits per heavy atom. The molecule has 6 heteroatoms. The molecule has 0 aliphatic carbocycles. The quantitative estimate of drug-likeness (QED) is 0.0323. The molecule has 0 fully saturated rings. The number of amides is 1. The Bertz CT molecular complexity index is 904. The zero-order valence-corrected chi connectivity index (χ0v) is 38.8. The third-order valence-electron chi connectivity index (χ3n) is 11.7. The van der Waals surface area contributed by atoms with Gasteiger partial charge in [-0.25, -0.2) is 0 Å². The van der Waals surface area contributed by atoms with Gasteiger partial charge in [-0.15, -0.1) is 0 Å². The van der Waals surface area contributed by atoms with Crippen molar-refractivity contribution in [3.05, 3.63) is 24.3 Å². The number of aliphatic hydroxyl groups excluding tert-OH is 2. The molecule has 2 atom stereocenters. The van der Waals surface area contributed by atoms with E-state index in [2.05, 4.69) is 43.5 Å². The predicted octanol–water partition coefficient (Wildman–Crippen LogP) is 15.1. The monoisotopic (exact) mass is 818 g/mol. The second-order valence-electron chi connectivity index (χ2n) is 17.5. The topological polar surface area (TPSA) is 95.9 Å². The van der Waals surface area contributed by atoms with Crippen LogP contribution in [0.5, 0.6) is 0 Å². The Morgan fingerprint density at radius 1 is 0.466 bits per heavy atom. The van der Waals surface area contributed by atoms with Gasteiger partial charge in [0.2, 0.25) is 5.91 Å². The Balaban J connectivity index is 3.51. The van der Waals surface area contributed by atoms with Crippen LogP contribution in [-0.2, 0) is 14.3 Å². The number of ether oxygens (including phenoxy) is 1. The molecule has 0 saturated carbocycles. The summed E-state index contributed by atoms with van der Waals surface area (Å²) < 4.78 is 5.44. The summed E-state index contributed by atoms with van der Waals surface area (Å²) >= 11 is 0. The molecule has 58 heavy (non-hydrogen) atoms. The first-order valence-electron chi connectivity index (χ1n) is 25.6. The van der Waals surface area contributed by atoms with Crippen molar-refractivity contribution in [2.75, 3.05) is 13.2 Å². The number of esters is 1. The fourth-order valence-corrected chi connectivity index (χ4v) is 7.74. The smallest absolute Gasteiger partial charge is 0.305 e. The van der Waals surface area contributed by atoms with Gasteiger partial charge in [-0.3, -0.25) is 9.59 Å². The van der Waals surface area contributed by atoms with E-state index in [0.717, 1.165) is 70.6 Å². The van der Waals surface area contributed by atoms with E-state index in [1.165, 1.54) is 167 Å². The van der Waals surface area contributed by atoms with Crippen LogP contribution in [0, 0.1) is 0 Å². The van der Waals surface area contributed by atoms with E-state index in [4.69, 9.17) is 4.74 Å². The van der Waals surface area contributed by atoms with Crippen molar-refractivity contribution in [2.45, 2.75) is 283 Å². The summed E-state index contributed by atoms with van der Waals surface area (Å²) in [6, 6.07) is -0.561. The molecule has 0 spiro atoms. The van der Waals surface area contributed by atoms with Crippen molar-refractivity contribution in [1.82, 2.24) is 5.32 Å². The average Bonchev–Trinajstić information content (AvgIpc) is 3.22. The maximum atomic E-state index is 12.4. The molecule has 342 valence electrons. The summed E-state index contributed by atoms with van der Waals surface area (Å²) in [7, 11) is 0. The fraction of sp³-hybridized carbons (Fsp3) is 0.885. The van der Waals surface area contributed by atoms with E-state index in [1.807, 2.05) is 0 Å². The van der Waals surface area contributed by atoms with Crippen LogP contribution in [0.15, 0.2) is 24.3 Å². The van der Waals surface area contributed by atoms with Crippen molar-refractivity contribution in [2.24, 2.45) is 0 Å². The summed E-state index contributed by atoms with van der Waals surface area (Å²) in [4.78, 5) is 24.4. The minimum atomic E-state index is -0.681. The van der Waals surface area contributed by atoms with Crippen molar-refractivity contribution >= 4 is 11.9 Å². The van der Waals surface area contributed by atoms with Crippen molar-refractivity contribution < 1.29 is 24.5 Å². The highest BCUT2D eigenvalue weighted by molar-refractivity contribution is 5.76. The second-order valence-corrected chi connectivity index (χ2v) is 17.5. The molecule has 0 radical (unpaired) electrons. The first-order chi connectivity index (χ1) is 28.5. The van der Waals surface area contributed by atoms with Gasteiger partial charge in [0, 0.05) is 12.8 Å². The maximum Gasteiger partial charge on any atom is 0.305 e. The Hall–Kier alpha value is -1.66. The Labute approximate surface area is 361 Å². The number of unbranched alkanes of at least 4 members (excludes halogenated alkanes) is 32. The van der Waals surface area contributed by atoms with Crippen molar-refractivity contribution in [3.8, 4) is 0 Å². The highest BCUT2D eigenvalue weighted by Gasteiger charge is 2.20. The van der Waals surface area contributed by atoms with Crippen LogP contribution in [0.25, 0.3) is 0 Å². The van der Waals surface area contributed by atoms with E-state index in [9.17, 15) is 19.8 Å². The molecule has 1 amide bonds. The van der Waals surface area contributed by atoms with E-state index >= 15 is 0 Å². The highest BCUT2D eigenvalue weighted by atomic mass is 16.5. The number of carbonyl (C=O) groups excluding carboxylic acids is 2. The van der Waals surface area contributed by atoms with E-state index in [0.29, 0.717) is 25.9 Å². The Kier molecular flexibility index (Phi) is 46.6. The molecule has 0 aliphatic heterocycles. The van der Waals surface area contributed by atoms with Crippen LogP contribution in [-0.4, -0.2) is 47.4 Å². The molecule has 2 unspecified atom stereocenters. The lowest BCUT2D eigenvalue weighted by molar-refractivity contribution is -0.143. The highest BCUT2D eigenvalue weighted by Crippen LogP contribution is 2.16. The second kappa shape index (κ2) is 48.0. The minimum Gasteiger partial charge on any atom is -0.466 e. The Morgan fingerprint density at radius 3 is 1.28 bits per heavy atom. The van der Waals surface area contributed by atoms with Crippen LogP contribution in [0.1, 0.15) is 271 Å². The van der Waals surface area contributed by atoms with Gasteiger partial charge in [-0.1, -0.05) is 205 Å². The number of hydrogen-bond acceptors (Lipinski definition) is 5. The molecule has 3 N–H and O–H groups in total. The van der Waals surface area contributed by atoms with Crippen LogP contribution in [0.3, 0.4) is 0 Å². The summed E-state index contributed by atoms with van der Waals surface area (Å²) in [5.41, 5.74) is 0. The van der Waals surface area contributed by atoms with Crippen molar-refractivity contribution in [3.63, 3.8) is 0 Å². The van der Waals surface area contributed by atoms with Gasteiger partial charge >= 0.3 is 5.97 Å². The molecule has 0 heterocycles. The van der Waals surface area contributed by atoms with E-state index in [-0.39, 0.29) is 18.5 Å². The third-order valence-corrected chi connectivity index (χ3v) is 11.7. The molecule has 6 nitrogen and oxygen atoms in total. The largest absolute Gasteiger partial charge is 0.466 e. The average molecular weight is 818 g/mol. The van der Waals surface area contributed by atoms with Crippen LogP contribution < -0.4 is 5.32 Å². The van der Waals surface area contributed by atoms with Gasteiger partial charge < -0.3 is 20.3 Å². The predicted molar refractivity (Wildman–Crippen MR) is 250 cm³/mol.